The van der Waals surface area contributed by atoms with Crippen molar-refractivity contribution >= 4 is 16.9 Å². The van der Waals surface area contributed by atoms with E-state index in [0.29, 0.717) is 24.4 Å². The lowest BCUT2D eigenvalue weighted by atomic mass is 10.0. The molecule has 31 heavy (non-hydrogen) atoms. The zero-order chi connectivity index (χ0) is 22.0. The van der Waals surface area contributed by atoms with Crippen molar-refractivity contribution in [3.05, 3.63) is 29.6 Å². The largest absolute Gasteiger partial charge is 0.378 e. The summed E-state index contributed by atoms with van der Waals surface area (Å²) in [4.78, 5) is 17.8. The van der Waals surface area contributed by atoms with Gasteiger partial charge in [0.05, 0.1) is 23.2 Å². The van der Waals surface area contributed by atoms with Crippen LogP contribution < -0.4 is 5.32 Å². The number of ether oxygens (including phenoxy) is 2. The van der Waals surface area contributed by atoms with Gasteiger partial charge in [0.15, 0.2) is 6.29 Å². The van der Waals surface area contributed by atoms with Crippen LogP contribution in [0.5, 0.6) is 0 Å². The Morgan fingerprint density at radius 2 is 2.13 bits per heavy atom. The van der Waals surface area contributed by atoms with Crippen molar-refractivity contribution in [1.82, 2.24) is 14.9 Å². The number of aromatic nitrogens is 2. The van der Waals surface area contributed by atoms with Crippen molar-refractivity contribution in [2.75, 3.05) is 6.61 Å². The van der Waals surface area contributed by atoms with Crippen LogP contribution in [-0.2, 0) is 15.9 Å². The van der Waals surface area contributed by atoms with E-state index in [9.17, 15) is 9.90 Å². The first-order chi connectivity index (χ1) is 15.0. The Hall–Kier alpha value is -1.96. The second-order valence-corrected chi connectivity index (χ2v) is 8.95. The lowest BCUT2D eigenvalue weighted by Gasteiger charge is -2.31. The molecule has 4 rings (SSSR count). The summed E-state index contributed by atoms with van der Waals surface area (Å²) in [6, 6.07) is 6.08. The molecule has 4 atom stereocenters. The van der Waals surface area contributed by atoms with E-state index < -0.39 is 6.29 Å². The molecule has 0 saturated carbocycles. The van der Waals surface area contributed by atoms with Crippen molar-refractivity contribution in [2.45, 2.75) is 96.3 Å². The third-order valence-electron chi connectivity index (χ3n) is 6.59. The van der Waals surface area contributed by atoms with Crippen LogP contribution in [0.25, 0.3) is 11.0 Å². The van der Waals surface area contributed by atoms with Gasteiger partial charge in [-0.15, -0.1) is 0 Å². The Morgan fingerprint density at radius 3 is 2.81 bits per heavy atom. The van der Waals surface area contributed by atoms with Crippen molar-refractivity contribution in [3.63, 3.8) is 0 Å². The molecule has 1 aromatic heterocycles. The van der Waals surface area contributed by atoms with Gasteiger partial charge in [-0.3, -0.25) is 4.79 Å². The molecule has 3 heterocycles. The predicted molar refractivity (Wildman–Crippen MR) is 119 cm³/mol. The molecule has 2 fully saturated rings. The molecule has 7 heteroatoms. The molecule has 2 aliphatic heterocycles. The normalized spacial score (nSPS) is 26.6. The number of benzene rings is 1. The molecule has 2 aliphatic rings. The monoisotopic (exact) mass is 429 g/mol. The van der Waals surface area contributed by atoms with Gasteiger partial charge < -0.3 is 24.5 Å². The maximum absolute atomic E-state index is 12.9. The van der Waals surface area contributed by atoms with Gasteiger partial charge >= 0.3 is 0 Å². The van der Waals surface area contributed by atoms with E-state index in [1.54, 1.807) is 0 Å². The number of amides is 1. The van der Waals surface area contributed by atoms with E-state index in [1.165, 1.54) is 0 Å². The maximum atomic E-state index is 12.9. The van der Waals surface area contributed by atoms with E-state index in [0.717, 1.165) is 55.6 Å². The number of hydrogen-bond acceptors (Lipinski definition) is 5. The molecular weight excluding hydrogens is 394 g/mol. The number of aliphatic hydroxyl groups is 1. The van der Waals surface area contributed by atoms with E-state index in [-0.39, 0.29) is 24.2 Å². The SMILES string of the molecule is CCC(CC)n1c(CC2CCCO2)nc2cc(C(=O)N[C@H]3CC(C)OC(O)C3)ccc21. The first-order valence-corrected chi connectivity index (χ1v) is 11.7. The smallest absolute Gasteiger partial charge is 0.251 e. The number of fused-ring (bicyclic) bond motifs is 1. The van der Waals surface area contributed by atoms with Gasteiger partial charge in [0.25, 0.3) is 5.91 Å². The van der Waals surface area contributed by atoms with E-state index in [2.05, 4.69) is 23.7 Å². The van der Waals surface area contributed by atoms with Crippen LogP contribution in [0.1, 0.15) is 81.5 Å². The molecule has 170 valence electrons. The maximum Gasteiger partial charge on any atom is 0.251 e. The van der Waals surface area contributed by atoms with Crippen molar-refractivity contribution in [3.8, 4) is 0 Å². The molecule has 0 bridgehead atoms. The zero-order valence-electron chi connectivity index (χ0n) is 18.8. The summed E-state index contributed by atoms with van der Waals surface area (Å²) in [6.45, 7) is 7.16. The van der Waals surface area contributed by atoms with Gasteiger partial charge in [-0.05, 0) is 57.2 Å². The third-order valence-corrected chi connectivity index (χ3v) is 6.59. The zero-order valence-corrected chi connectivity index (χ0v) is 18.8. The summed E-state index contributed by atoms with van der Waals surface area (Å²) in [6.07, 6.45) is 5.50. The van der Waals surface area contributed by atoms with Crippen LogP contribution in [0.2, 0.25) is 0 Å². The summed E-state index contributed by atoms with van der Waals surface area (Å²) < 4.78 is 13.6. The fourth-order valence-electron chi connectivity index (χ4n) is 5.01. The van der Waals surface area contributed by atoms with E-state index >= 15 is 0 Å². The topological polar surface area (TPSA) is 85.6 Å². The fraction of sp³-hybridized carbons (Fsp3) is 0.667. The molecule has 0 radical (unpaired) electrons. The number of carbonyl (C=O) groups excluding carboxylic acids is 1. The van der Waals surface area contributed by atoms with Crippen LogP contribution in [0, 0.1) is 0 Å². The van der Waals surface area contributed by atoms with Gasteiger partial charge in [-0.25, -0.2) is 4.98 Å². The number of aliphatic hydroxyl groups excluding tert-OH is 1. The third kappa shape index (κ3) is 4.94. The Balaban J connectivity index is 1.59. The van der Waals surface area contributed by atoms with Crippen LogP contribution >= 0.6 is 0 Å². The first-order valence-electron chi connectivity index (χ1n) is 11.7. The Bertz CT molecular complexity index is 892. The highest BCUT2D eigenvalue weighted by atomic mass is 16.6. The number of nitrogens with one attached hydrogen (secondary N) is 1. The molecular formula is C24H35N3O4. The molecule has 1 amide bonds. The van der Waals surface area contributed by atoms with Crippen molar-refractivity contribution < 1.29 is 19.4 Å². The van der Waals surface area contributed by atoms with Crippen LogP contribution in [0.3, 0.4) is 0 Å². The minimum absolute atomic E-state index is 0.0763. The number of nitrogens with zero attached hydrogens (tertiary/aromatic N) is 2. The molecule has 0 spiro atoms. The molecule has 1 aromatic carbocycles. The summed E-state index contributed by atoms with van der Waals surface area (Å²) >= 11 is 0. The lowest BCUT2D eigenvalue weighted by Crippen LogP contribution is -2.44. The standard InChI is InChI=1S/C24H35N3O4/c1-4-18(5-2)27-21-9-8-16(24(29)25-17-11-15(3)31-23(28)13-17)12-20(21)26-22(27)14-19-7-6-10-30-19/h8-9,12,15,17-19,23,28H,4-7,10-11,13-14H2,1-3H3,(H,25,29)/t15?,17-,19?,23?/m0/s1. The Kier molecular flexibility index (Phi) is 6.94. The van der Waals surface area contributed by atoms with Gasteiger partial charge in [-0.2, -0.15) is 0 Å². The molecule has 3 unspecified atom stereocenters. The van der Waals surface area contributed by atoms with Crippen molar-refractivity contribution in [1.29, 1.82) is 0 Å². The highest BCUT2D eigenvalue weighted by Gasteiger charge is 2.28. The number of hydrogen-bond donors (Lipinski definition) is 2. The highest BCUT2D eigenvalue weighted by Crippen LogP contribution is 2.29. The van der Waals surface area contributed by atoms with Gasteiger partial charge in [0, 0.05) is 37.1 Å². The number of rotatable bonds is 7. The summed E-state index contributed by atoms with van der Waals surface area (Å²) in [5, 5.41) is 12.9. The van der Waals surface area contributed by atoms with Crippen LogP contribution in [0.15, 0.2) is 18.2 Å². The van der Waals surface area contributed by atoms with E-state index in [1.807, 2.05) is 25.1 Å². The number of imidazole rings is 1. The molecule has 2 saturated heterocycles. The van der Waals surface area contributed by atoms with Crippen LogP contribution in [0.4, 0.5) is 0 Å². The fourth-order valence-corrected chi connectivity index (χ4v) is 5.01. The summed E-state index contributed by atoms with van der Waals surface area (Å²) in [7, 11) is 0. The van der Waals surface area contributed by atoms with E-state index in [4.69, 9.17) is 14.5 Å². The summed E-state index contributed by atoms with van der Waals surface area (Å²) in [5.74, 6) is 0.917. The van der Waals surface area contributed by atoms with Gasteiger partial charge in [0.1, 0.15) is 5.82 Å². The Labute approximate surface area is 184 Å². The minimum Gasteiger partial charge on any atom is -0.378 e. The van der Waals surface area contributed by atoms with Gasteiger partial charge in [-0.1, -0.05) is 13.8 Å². The molecule has 0 aliphatic carbocycles. The quantitative estimate of drug-likeness (QED) is 0.700. The molecule has 2 aromatic rings. The molecule has 7 nitrogen and oxygen atoms in total. The van der Waals surface area contributed by atoms with Gasteiger partial charge in [0.2, 0.25) is 0 Å². The minimum atomic E-state index is -0.826. The van der Waals surface area contributed by atoms with Crippen molar-refractivity contribution in [2.24, 2.45) is 0 Å². The average Bonchev–Trinajstić information content (AvgIpc) is 3.36. The first kappa shape index (κ1) is 22.2. The summed E-state index contributed by atoms with van der Waals surface area (Å²) in [5.41, 5.74) is 2.53. The second kappa shape index (κ2) is 9.67. The number of carbonyl (C=O) groups is 1. The Morgan fingerprint density at radius 1 is 1.32 bits per heavy atom. The second-order valence-electron chi connectivity index (χ2n) is 8.95. The highest BCUT2D eigenvalue weighted by molar-refractivity contribution is 5.97. The van der Waals surface area contributed by atoms with Crippen LogP contribution in [-0.4, -0.2) is 51.7 Å². The predicted octanol–water partition coefficient (Wildman–Crippen LogP) is 3.73. The molecule has 2 N–H and O–H groups in total. The average molecular weight is 430 g/mol. The lowest BCUT2D eigenvalue weighted by molar-refractivity contribution is -0.163.